The molecular formula is C13H20Si. The van der Waals surface area contributed by atoms with Crippen molar-refractivity contribution in [2.45, 2.75) is 32.1 Å². The SMILES string of the molecule is CC=C[C@@H](c1ccccc1)[Si](C)(C)C. The van der Waals surface area contributed by atoms with Gasteiger partial charge >= 0.3 is 0 Å². The van der Waals surface area contributed by atoms with Gasteiger partial charge in [0, 0.05) is 0 Å². The molecule has 0 spiro atoms. The number of benzene rings is 1. The van der Waals surface area contributed by atoms with Gasteiger partial charge in [-0.2, -0.15) is 0 Å². The normalized spacial score (nSPS) is 14.6. The molecule has 0 saturated carbocycles. The second-order valence-electron chi connectivity index (χ2n) is 4.78. The Kier molecular flexibility index (Phi) is 3.70. The van der Waals surface area contributed by atoms with Crippen molar-refractivity contribution in [1.82, 2.24) is 0 Å². The predicted molar refractivity (Wildman–Crippen MR) is 67.3 cm³/mol. The molecule has 0 saturated heterocycles. The van der Waals surface area contributed by atoms with Crippen LogP contribution in [0.2, 0.25) is 19.6 Å². The molecule has 14 heavy (non-hydrogen) atoms. The van der Waals surface area contributed by atoms with E-state index in [1.807, 2.05) is 0 Å². The predicted octanol–water partition coefficient (Wildman–Crippen LogP) is 4.22. The smallest absolute Gasteiger partial charge is 0.0565 e. The van der Waals surface area contributed by atoms with Gasteiger partial charge in [-0.1, -0.05) is 62.1 Å². The van der Waals surface area contributed by atoms with Gasteiger partial charge in [0.2, 0.25) is 0 Å². The first-order valence-electron chi connectivity index (χ1n) is 5.23. The van der Waals surface area contributed by atoms with Gasteiger partial charge in [-0.3, -0.25) is 0 Å². The lowest BCUT2D eigenvalue weighted by Crippen LogP contribution is -2.29. The van der Waals surface area contributed by atoms with Crippen LogP contribution in [0.3, 0.4) is 0 Å². The third kappa shape index (κ3) is 2.84. The van der Waals surface area contributed by atoms with E-state index in [9.17, 15) is 0 Å². The maximum Gasteiger partial charge on any atom is 0.0565 e. The van der Waals surface area contributed by atoms with E-state index in [0.717, 1.165) is 0 Å². The summed E-state index contributed by atoms with van der Waals surface area (Å²) in [5.41, 5.74) is 2.11. The minimum atomic E-state index is -1.14. The highest BCUT2D eigenvalue weighted by Gasteiger charge is 2.25. The second kappa shape index (κ2) is 4.60. The molecule has 0 fully saturated rings. The zero-order valence-electron chi connectivity index (χ0n) is 9.62. The van der Waals surface area contributed by atoms with Gasteiger partial charge in [-0.05, 0) is 18.0 Å². The quantitative estimate of drug-likeness (QED) is 0.511. The van der Waals surface area contributed by atoms with E-state index in [4.69, 9.17) is 0 Å². The van der Waals surface area contributed by atoms with Crippen LogP contribution in [-0.4, -0.2) is 8.07 Å². The fourth-order valence-corrected chi connectivity index (χ4v) is 3.71. The van der Waals surface area contributed by atoms with Crippen LogP contribution in [-0.2, 0) is 0 Å². The van der Waals surface area contributed by atoms with Crippen molar-refractivity contribution in [3.8, 4) is 0 Å². The van der Waals surface area contributed by atoms with Gasteiger partial charge in [0.05, 0.1) is 8.07 Å². The molecule has 0 aliphatic rings. The Balaban J connectivity index is 3.01. The van der Waals surface area contributed by atoms with Crippen molar-refractivity contribution in [3.05, 3.63) is 48.0 Å². The van der Waals surface area contributed by atoms with Gasteiger partial charge in [-0.25, -0.2) is 0 Å². The summed E-state index contributed by atoms with van der Waals surface area (Å²) in [7, 11) is -1.14. The molecule has 0 unspecified atom stereocenters. The fraction of sp³-hybridized carbons (Fsp3) is 0.385. The third-order valence-electron chi connectivity index (χ3n) is 2.48. The van der Waals surface area contributed by atoms with E-state index in [1.54, 1.807) is 0 Å². The van der Waals surface area contributed by atoms with Gasteiger partial charge in [0.25, 0.3) is 0 Å². The molecule has 0 bridgehead atoms. The summed E-state index contributed by atoms with van der Waals surface area (Å²) in [5, 5.41) is 0. The zero-order chi connectivity index (χ0) is 10.6. The Hall–Kier alpha value is -0.823. The summed E-state index contributed by atoms with van der Waals surface area (Å²) in [6.07, 6.45) is 4.53. The molecule has 0 nitrogen and oxygen atoms in total. The Morgan fingerprint density at radius 2 is 1.64 bits per heavy atom. The van der Waals surface area contributed by atoms with Crippen molar-refractivity contribution in [3.63, 3.8) is 0 Å². The number of rotatable bonds is 3. The van der Waals surface area contributed by atoms with Crippen molar-refractivity contribution in [1.29, 1.82) is 0 Å². The maximum atomic E-state index is 2.42. The van der Waals surface area contributed by atoms with E-state index < -0.39 is 8.07 Å². The van der Waals surface area contributed by atoms with Gasteiger partial charge in [-0.15, -0.1) is 0 Å². The largest absolute Gasteiger partial charge is 0.0913 e. The topological polar surface area (TPSA) is 0 Å². The van der Waals surface area contributed by atoms with Crippen LogP contribution in [0.5, 0.6) is 0 Å². The standard InChI is InChI=1S/C13H20Si/c1-5-9-13(14(2,3)4)12-10-7-6-8-11-12/h5-11,13H,1-4H3/t13-/m0/s1. The summed E-state index contributed by atoms with van der Waals surface area (Å²) in [4.78, 5) is 0. The molecule has 0 heterocycles. The highest BCUT2D eigenvalue weighted by molar-refractivity contribution is 6.77. The first-order valence-corrected chi connectivity index (χ1v) is 8.81. The second-order valence-corrected chi connectivity index (χ2v) is 10.1. The van der Waals surface area contributed by atoms with Crippen LogP contribution in [0.15, 0.2) is 42.5 Å². The molecule has 1 heteroatoms. The monoisotopic (exact) mass is 204 g/mol. The van der Waals surface area contributed by atoms with Crippen molar-refractivity contribution >= 4 is 8.07 Å². The lowest BCUT2D eigenvalue weighted by atomic mass is 10.1. The number of allylic oxidation sites excluding steroid dienone is 2. The van der Waals surface area contributed by atoms with E-state index in [2.05, 4.69) is 69.0 Å². The molecule has 1 rings (SSSR count). The zero-order valence-corrected chi connectivity index (χ0v) is 10.6. The van der Waals surface area contributed by atoms with Crippen LogP contribution >= 0.6 is 0 Å². The summed E-state index contributed by atoms with van der Waals surface area (Å²) >= 11 is 0. The molecule has 1 atom stereocenters. The molecule has 0 amide bonds. The molecule has 0 radical (unpaired) electrons. The lowest BCUT2D eigenvalue weighted by molar-refractivity contribution is 1.13. The van der Waals surface area contributed by atoms with Gasteiger partial charge in [0.15, 0.2) is 0 Å². The highest BCUT2D eigenvalue weighted by atomic mass is 28.3. The molecule has 1 aromatic carbocycles. The Bertz CT molecular complexity index is 293. The van der Waals surface area contributed by atoms with Crippen LogP contribution < -0.4 is 0 Å². The molecule has 0 N–H and O–H groups in total. The van der Waals surface area contributed by atoms with Crippen molar-refractivity contribution < 1.29 is 0 Å². The lowest BCUT2D eigenvalue weighted by Gasteiger charge is -2.26. The summed E-state index contributed by atoms with van der Waals surface area (Å²) in [6.45, 7) is 9.37. The van der Waals surface area contributed by atoms with Crippen molar-refractivity contribution in [2.75, 3.05) is 0 Å². The first kappa shape index (κ1) is 11.3. The molecule has 0 aromatic heterocycles. The average molecular weight is 204 g/mol. The van der Waals surface area contributed by atoms with Crippen molar-refractivity contribution in [2.24, 2.45) is 0 Å². The average Bonchev–Trinajstić information content (AvgIpc) is 2.14. The minimum absolute atomic E-state index is 0.647. The van der Waals surface area contributed by atoms with Crippen LogP contribution in [0, 0.1) is 0 Å². The molecule has 0 aliphatic heterocycles. The third-order valence-corrected chi connectivity index (χ3v) is 4.87. The Morgan fingerprint density at radius 1 is 1.07 bits per heavy atom. The van der Waals surface area contributed by atoms with E-state index >= 15 is 0 Å². The van der Waals surface area contributed by atoms with E-state index in [-0.39, 0.29) is 0 Å². The highest BCUT2D eigenvalue weighted by Crippen LogP contribution is 2.27. The Labute approximate surface area is 88.7 Å². The molecular weight excluding hydrogens is 184 g/mol. The first-order chi connectivity index (χ1) is 6.55. The van der Waals surface area contributed by atoms with Crippen LogP contribution in [0.4, 0.5) is 0 Å². The Morgan fingerprint density at radius 3 is 2.07 bits per heavy atom. The molecule has 1 aromatic rings. The summed E-state index contributed by atoms with van der Waals surface area (Å²) in [5.74, 6) is 0. The van der Waals surface area contributed by atoms with E-state index in [0.29, 0.717) is 5.54 Å². The summed E-state index contributed by atoms with van der Waals surface area (Å²) < 4.78 is 0. The van der Waals surface area contributed by atoms with Gasteiger partial charge in [0.1, 0.15) is 0 Å². The fourth-order valence-electron chi connectivity index (χ4n) is 1.75. The summed E-state index contributed by atoms with van der Waals surface area (Å²) in [6, 6.07) is 10.8. The molecule has 76 valence electrons. The maximum absolute atomic E-state index is 2.42. The number of hydrogen-bond acceptors (Lipinski definition) is 0. The van der Waals surface area contributed by atoms with Crippen LogP contribution in [0.1, 0.15) is 18.0 Å². The van der Waals surface area contributed by atoms with E-state index in [1.165, 1.54) is 5.56 Å². The molecule has 0 aliphatic carbocycles. The van der Waals surface area contributed by atoms with Gasteiger partial charge < -0.3 is 0 Å². The number of hydrogen-bond donors (Lipinski definition) is 0. The minimum Gasteiger partial charge on any atom is -0.0913 e. The van der Waals surface area contributed by atoms with Crippen LogP contribution in [0.25, 0.3) is 0 Å².